The van der Waals surface area contributed by atoms with E-state index in [1.54, 1.807) is 11.3 Å². The van der Waals surface area contributed by atoms with Crippen molar-refractivity contribution in [2.24, 2.45) is 0 Å². The number of aromatic nitrogens is 1. The second kappa shape index (κ2) is 7.11. The van der Waals surface area contributed by atoms with Crippen LogP contribution < -0.4 is 0 Å². The lowest BCUT2D eigenvalue weighted by Crippen LogP contribution is -2.48. The molecule has 6 heteroatoms. The minimum Gasteiger partial charge on any atom is -0.372 e. The quantitative estimate of drug-likeness (QED) is 0.795. The summed E-state index contributed by atoms with van der Waals surface area (Å²) in [5.74, 6) is 0.123. The van der Waals surface area contributed by atoms with E-state index in [1.165, 1.54) is 0 Å². The van der Waals surface area contributed by atoms with E-state index in [0.717, 1.165) is 20.7 Å². The second-order valence-electron chi connectivity index (χ2n) is 5.89. The Morgan fingerprint density at radius 1 is 1.39 bits per heavy atom. The van der Waals surface area contributed by atoms with Gasteiger partial charge >= 0.3 is 0 Å². The molecule has 2 aromatic rings. The predicted octanol–water partition coefficient (Wildman–Crippen LogP) is 3.75. The Labute approximate surface area is 148 Å². The SMILES string of the molecule is C[C@H]1CN(C(=O)Cc2csc(-c3cccc(Br)c3)n2)C[C@H](C)O1. The van der Waals surface area contributed by atoms with Crippen LogP contribution >= 0.6 is 27.3 Å². The number of thiazole rings is 1. The fraction of sp³-hybridized carbons (Fsp3) is 0.412. The lowest BCUT2D eigenvalue weighted by Gasteiger charge is -2.35. The van der Waals surface area contributed by atoms with Gasteiger partial charge in [-0.3, -0.25) is 4.79 Å². The molecule has 3 rings (SSSR count). The van der Waals surface area contributed by atoms with Gasteiger partial charge < -0.3 is 9.64 Å². The Morgan fingerprint density at radius 3 is 2.83 bits per heavy atom. The van der Waals surface area contributed by atoms with Gasteiger partial charge in [-0.15, -0.1) is 11.3 Å². The number of benzene rings is 1. The lowest BCUT2D eigenvalue weighted by atomic mass is 10.2. The molecule has 122 valence electrons. The number of carbonyl (C=O) groups is 1. The summed E-state index contributed by atoms with van der Waals surface area (Å²) in [5, 5.41) is 2.92. The lowest BCUT2D eigenvalue weighted by molar-refractivity contribution is -0.142. The number of amides is 1. The van der Waals surface area contributed by atoms with Crippen molar-refractivity contribution in [3.8, 4) is 10.6 Å². The van der Waals surface area contributed by atoms with Crippen LogP contribution in [-0.4, -0.2) is 41.1 Å². The van der Waals surface area contributed by atoms with E-state index in [2.05, 4.69) is 20.9 Å². The van der Waals surface area contributed by atoms with Gasteiger partial charge in [0.05, 0.1) is 24.3 Å². The molecule has 0 radical (unpaired) electrons. The molecule has 2 heterocycles. The third-order valence-electron chi connectivity index (χ3n) is 3.73. The third-order valence-corrected chi connectivity index (χ3v) is 5.16. The highest BCUT2D eigenvalue weighted by molar-refractivity contribution is 9.10. The van der Waals surface area contributed by atoms with Crippen LogP contribution in [0.2, 0.25) is 0 Å². The van der Waals surface area contributed by atoms with E-state index in [1.807, 2.05) is 48.4 Å². The number of halogens is 1. The van der Waals surface area contributed by atoms with Gasteiger partial charge in [0.1, 0.15) is 5.01 Å². The molecule has 0 N–H and O–H groups in total. The standard InChI is InChI=1S/C17H19BrN2O2S/c1-11-8-20(9-12(2)22-11)16(21)7-15-10-23-17(19-15)13-4-3-5-14(18)6-13/h3-6,10-12H,7-9H2,1-2H3/t11-,12-/m0/s1. The fourth-order valence-electron chi connectivity index (χ4n) is 2.79. The van der Waals surface area contributed by atoms with Crippen LogP contribution in [0.5, 0.6) is 0 Å². The first-order valence-electron chi connectivity index (χ1n) is 7.65. The molecule has 0 unspecified atom stereocenters. The van der Waals surface area contributed by atoms with Crippen LogP contribution in [0.25, 0.3) is 10.6 Å². The van der Waals surface area contributed by atoms with E-state index in [4.69, 9.17) is 4.74 Å². The van der Waals surface area contributed by atoms with Crippen molar-refractivity contribution < 1.29 is 9.53 Å². The molecule has 4 nitrogen and oxygen atoms in total. The Hall–Kier alpha value is -1.24. The fourth-order valence-corrected chi connectivity index (χ4v) is 4.01. The molecule has 0 saturated carbocycles. The van der Waals surface area contributed by atoms with Crippen LogP contribution in [0.4, 0.5) is 0 Å². The highest BCUT2D eigenvalue weighted by atomic mass is 79.9. The molecule has 1 aromatic carbocycles. The Morgan fingerprint density at radius 2 is 2.13 bits per heavy atom. The first-order valence-corrected chi connectivity index (χ1v) is 9.32. The van der Waals surface area contributed by atoms with Gasteiger partial charge in [0.25, 0.3) is 0 Å². The number of morpholine rings is 1. The van der Waals surface area contributed by atoms with E-state index >= 15 is 0 Å². The van der Waals surface area contributed by atoms with Gasteiger partial charge in [-0.1, -0.05) is 28.1 Å². The maximum absolute atomic E-state index is 12.5. The number of carbonyl (C=O) groups excluding carboxylic acids is 1. The molecule has 0 spiro atoms. The van der Waals surface area contributed by atoms with Gasteiger partial charge in [-0.25, -0.2) is 4.98 Å². The van der Waals surface area contributed by atoms with Crippen molar-refractivity contribution in [3.05, 3.63) is 39.8 Å². The zero-order valence-corrected chi connectivity index (χ0v) is 15.6. The van der Waals surface area contributed by atoms with Crippen LogP contribution in [-0.2, 0) is 16.0 Å². The van der Waals surface area contributed by atoms with Gasteiger partial charge in [0, 0.05) is 28.5 Å². The molecule has 1 amide bonds. The molecule has 1 aliphatic rings. The van der Waals surface area contributed by atoms with Crippen molar-refractivity contribution in [2.75, 3.05) is 13.1 Å². The van der Waals surface area contributed by atoms with E-state index in [-0.39, 0.29) is 18.1 Å². The van der Waals surface area contributed by atoms with Crippen molar-refractivity contribution in [1.82, 2.24) is 9.88 Å². The Bertz CT molecular complexity index is 693. The molecular weight excluding hydrogens is 376 g/mol. The summed E-state index contributed by atoms with van der Waals surface area (Å²) in [6, 6.07) is 8.04. The third kappa shape index (κ3) is 4.19. The monoisotopic (exact) mass is 394 g/mol. The topological polar surface area (TPSA) is 42.4 Å². The molecule has 0 aliphatic carbocycles. The molecule has 2 atom stereocenters. The first-order chi connectivity index (χ1) is 11.0. The molecule has 1 aromatic heterocycles. The molecule has 1 saturated heterocycles. The second-order valence-corrected chi connectivity index (χ2v) is 7.66. The first kappa shape index (κ1) is 16.6. The predicted molar refractivity (Wildman–Crippen MR) is 95.5 cm³/mol. The molecule has 23 heavy (non-hydrogen) atoms. The zero-order valence-electron chi connectivity index (χ0n) is 13.2. The van der Waals surface area contributed by atoms with Crippen LogP contribution in [0, 0.1) is 0 Å². The van der Waals surface area contributed by atoms with E-state index in [9.17, 15) is 4.79 Å². The molecule has 1 fully saturated rings. The summed E-state index contributed by atoms with van der Waals surface area (Å²) in [7, 11) is 0. The maximum Gasteiger partial charge on any atom is 0.228 e. The van der Waals surface area contributed by atoms with Crippen molar-refractivity contribution >= 4 is 33.2 Å². The Balaban J connectivity index is 1.68. The van der Waals surface area contributed by atoms with Crippen molar-refractivity contribution in [2.45, 2.75) is 32.5 Å². The summed E-state index contributed by atoms with van der Waals surface area (Å²) in [6.45, 7) is 5.33. The minimum absolute atomic E-state index is 0.0929. The highest BCUT2D eigenvalue weighted by Crippen LogP contribution is 2.26. The van der Waals surface area contributed by atoms with Gasteiger partial charge in [-0.05, 0) is 26.0 Å². The summed E-state index contributed by atoms with van der Waals surface area (Å²) in [6.07, 6.45) is 0.537. The van der Waals surface area contributed by atoms with Gasteiger partial charge in [-0.2, -0.15) is 0 Å². The van der Waals surface area contributed by atoms with Crippen LogP contribution in [0.15, 0.2) is 34.1 Å². The Kier molecular flexibility index (Phi) is 5.14. The average molecular weight is 395 g/mol. The van der Waals surface area contributed by atoms with Crippen molar-refractivity contribution in [1.29, 1.82) is 0 Å². The molecular formula is C17H19BrN2O2S. The number of nitrogens with zero attached hydrogens (tertiary/aromatic N) is 2. The zero-order chi connectivity index (χ0) is 16.4. The minimum atomic E-state index is 0.0929. The van der Waals surface area contributed by atoms with Crippen molar-refractivity contribution in [3.63, 3.8) is 0 Å². The average Bonchev–Trinajstić information content (AvgIpc) is 2.95. The number of rotatable bonds is 3. The van der Waals surface area contributed by atoms with Gasteiger partial charge in [0.15, 0.2) is 0 Å². The number of hydrogen-bond acceptors (Lipinski definition) is 4. The smallest absolute Gasteiger partial charge is 0.228 e. The van der Waals surface area contributed by atoms with Crippen LogP contribution in [0.1, 0.15) is 19.5 Å². The normalized spacial score (nSPS) is 21.4. The molecule has 1 aliphatic heterocycles. The number of hydrogen-bond donors (Lipinski definition) is 0. The summed E-state index contributed by atoms with van der Waals surface area (Å²) in [4.78, 5) is 19.0. The summed E-state index contributed by atoms with van der Waals surface area (Å²) >= 11 is 5.05. The number of ether oxygens (including phenoxy) is 1. The molecule has 0 bridgehead atoms. The largest absolute Gasteiger partial charge is 0.372 e. The summed E-state index contributed by atoms with van der Waals surface area (Å²) in [5.41, 5.74) is 1.90. The van der Waals surface area contributed by atoms with E-state index < -0.39 is 0 Å². The van der Waals surface area contributed by atoms with E-state index in [0.29, 0.717) is 19.5 Å². The highest BCUT2D eigenvalue weighted by Gasteiger charge is 2.26. The maximum atomic E-state index is 12.5. The summed E-state index contributed by atoms with van der Waals surface area (Å²) < 4.78 is 6.70. The van der Waals surface area contributed by atoms with Gasteiger partial charge in [0.2, 0.25) is 5.91 Å². The van der Waals surface area contributed by atoms with Crippen LogP contribution in [0.3, 0.4) is 0 Å².